The minimum absolute atomic E-state index is 0.00214. The maximum absolute atomic E-state index is 13.5. The Morgan fingerprint density at radius 2 is 1.69 bits per heavy atom. The van der Waals surface area contributed by atoms with E-state index in [2.05, 4.69) is 49.2 Å². The van der Waals surface area contributed by atoms with E-state index in [9.17, 15) is 4.39 Å². The Morgan fingerprint density at radius 1 is 0.857 bits per heavy atom. The lowest BCUT2D eigenvalue weighted by atomic mass is 9.88. The van der Waals surface area contributed by atoms with Gasteiger partial charge in [-0.1, -0.05) is 68.2 Å². The average molecular weight is 588 g/mol. The van der Waals surface area contributed by atoms with Crippen molar-refractivity contribution < 1.29 is 23.3 Å². The van der Waals surface area contributed by atoms with Crippen LogP contribution in [0.4, 0.5) is 4.39 Å². The van der Waals surface area contributed by atoms with Gasteiger partial charge >= 0.3 is 0 Å². The molecule has 1 aliphatic rings. The molecule has 1 saturated heterocycles. The standard InChI is InChI=1S/C35H42FNO4Si/c1-42(2,3)18-17-38-25-41-31-9-6-7-26(20-31)23-39-34-21-27(19-29-8-4-5-10-32(29)34)24-40-35-22-37-16-15-33(35)28-11-13-30(36)14-12-28/h4-14,19-21,33,35,37H,15-18,22-25H2,1-3H3. The first-order valence-electron chi connectivity index (χ1n) is 14.9. The first-order chi connectivity index (χ1) is 20.3. The zero-order chi connectivity index (χ0) is 29.4. The van der Waals surface area contributed by atoms with E-state index in [1.165, 1.54) is 12.1 Å². The van der Waals surface area contributed by atoms with E-state index in [0.29, 0.717) is 13.2 Å². The maximum Gasteiger partial charge on any atom is 0.189 e. The van der Waals surface area contributed by atoms with Crippen LogP contribution in [0.15, 0.2) is 84.9 Å². The Bertz CT molecular complexity index is 1440. The van der Waals surface area contributed by atoms with Gasteiger partial charge in [-0.25, -0.2) is 4.39 Å². The Morgan fingerprint density at radius 3 is 2.52 bits per heavy atom. The number of hydrogen-bond donors (Lipinski definition) is 1. The Kier molecular flexibility index (Phi) is 10.3. The van der Waals surface area contributed by atoms with Crippen LogP contribution in [-0.4, -0.2) is 40.7 Å². The molecule has 1 aliphatic heterocycles. The van der Waals surface area contributed by atoms with Crippen LogP contribution in [0.3, 0.4) is 0 Å². The predicted octanol–water partition coefficient (Wildman–Crippen LogP) is 7.91. The van der Waals surface area contributed by atoms with E-state index in [-0.39, 0.29) is 24.6 Å². The van der Waals surface area contributed by atoms with Crippen molar-refractivity contribution in [3.63, 3.8) is 0 Å². The molecule has 0 bridgehead atoms. The summed E-state index contributed by atoms with van der Waals surface area (Å²) in [7, 11) is -1.11. The summed E-state index contributed by atoms with van der Waals surface area (Å²) in [6.45, 7) is 10.6. The number of piperidine rings is 1. The molecule has 0 amide bonds. The van der Waals surface area contributed by atoms with Gasteiger partial charge in [-0.05, 0) is 77.5 Å². The Balaban J connectivity index is 1.23. The van der Waals surface area contributed by atoms with Gasteiger partial charge in [0.05, 0.1) is 12.7 Å². The summed E-state index contributed by atoms with van der Waals surface area (Å²) in [5.41, 5.74) is 3.20. The first kappa shape index (κ1) is 30.2. The fraction of sp³-hybridized carbons (Fsp3) is 0.371. The van der Waals surface area contributed by atoms with Crippen molar-refractivity contribution in [2.24, 2.45) is 0 Å². The SMILES string of the molecule is C[Si](C)(C)CCOCOc1cccc(COc2cc(COC3CNCCC3c3ccc(F)cc3)cc3ccccc23)c1. The zero-order valence-corrected chi connectivity index (χ0v) is 25.9. The van der Waals surface area contributed by atoms with Gasteiger partial charge in [0.2, 0.25) is 0 Å². The minimum Gasteiger partial charge on any atom is -0.488 e. The predicted molar refractivity (Wildman–Crippen MR) is 170 cm³/mol. The molecule has 222 valence electrons. The average Bonchev–Trinajstić information content (AvgIpc) is 2.99. The summed E-state index contributed by atoms with van der Waals surface area (Å²) in [6, 6.07) is 28.4. The minimum atomic E-state index is -1.11. The highest BCUT2D eigenvalue weighted by atomic mass is 28.3. The maximum atomic E-state index is 13.5. The molecule has 2 unspecified atom stereocenters. The van der Waals surface area contributed by atoms with Gasteiger partial charge in [-0.2, -0.15) is 0 Å². The largest absolute Gasteiger partial charge is 0.488 e. The second-order valence-electron chi connectivity index (χ2n) is 12.2. The van der Waals surface area contributed by atoms with E-state index in [0.717, 1.165) is 71.1 Å². The fourth-order valence-electron chi connectivity index (χ4n) is 5.27. The van der Waals surface area contributed by atoms with Crippen LogP contribution in [0.25, 0.3) is 10.8 Å². The van der Waals surface area contributed by atoms with Crippen molar-refractivity contribution in [2.45, 2.75) is 57.3 Å². The number of fused-ring (bicyclic) bond motifs is 1. The number of nitrogens with one attached hydrogen (secondary N) is 1. The second-order valence-corrected chi connectivity index (χ2v) is 17.9. The number of ether oxygens (including phenoxy) is 4. The highest BCUT2D eigenvalue weighted by Gasteiger charge is 2.27. The molecule has 1 heterocycles. The molecule has 0 saturated carbocycles. The molecule has 1 fully saturated rings. The van der Waals surface area contributed by atoms with Crippen molar-refractivity contribution in [2.75, 3.05) is 26.5 Å². The van der Waals surface area contributed by atoms with E-state index < -0.39 is 8.07 Å². The van der Waals surface area contributed by atoms with Crippen LogP contribution in [0, 0.1) is 5.82 Å². The van der Waals surface area contributed by atoms with Crippen molar-refractivity contribution in [3.05, 3.63) is 107 Å². The van der Waals surface area contributed by atoms with Crippen LogP contribution in [0.1, 0.15) is 29.0 Å². The summed E-state index contributed by atoms with van der Waals surface area (Å²) >= 11 is 0. The van der Waals surface area contributed by atoms with Crippen LogP contribution in [0.5, 0.6) is 11.5 Å². The highest BCUT2D eigenvalue weighted by molar-refractivity contribution is 6.76. The van der Waals surface area contributed by atoms with Crippen molar-refractivity contribution in [1.82, 2.24) is 5.32 Å². The Labute approximate surface area is 250 Å². The Hall–Kier alpha value is -3.23. The smallest absolute Gasteiger partial charge is 0.189 e. The molecule has 0 aromatic heterocycles. The summed E-state index contributed by atoms with van der Waals surface area (Å²) in [5, 5.41) is 5.62. The lowest BCUT2D eigenvalue weighted by molar-refractivity contribution is 0.0106. The van der Waals surface area contributed by atoms with E-state index in [1.807, 2.05) is 48.5 Å². The molecule has 0 radical (unpaired) electrons. The lowest BCUT2D eigenvalue weighted by Crippen LogP contribution is -2.40. The monoisotopic (exact) mass is 587 g/mol. The third kappa shape index (κ3) is 8.64. The van der Waals surface area contributed by atoms with E-state index >= 15 is 0 Å². The van der Waals surface area contributed by atoms with Gasteiger partial charge in [0, 0.05) is 32.5 Å². The molecule has 4 aromatic rings. The van der Waals surface area contributed by atoms with E-state index in [1.54, 1.807) is 0 Å². The molecule has 1 N–H and O–H groups in total. The summed E-state index contributed by atoms with van der Waals surface area (Å²) < 4.78 is 37.9. The summed E-state index contributed by atoms with van der Waals surface area (Å²) in [6.07, 6.45) is 0.956. The van der Waals surface area contributed by atoms with Gasteiger partial charge in [0.25, 0.3) is 0 Å². The van der Waals surface area contributed by atoms with E-state index in [4.69, 9.17) is 18.9 Å². The highest BCUT2D eigenvalue weighted by Crippen LogP contribution is 2.32. The van der Waals surface area contributed by atoms with Crippen LogP contribution in [-0.2, 0) is 22.7 Å². The molecular weight excluding hydrogens is 545 g/mol. The van der Waals surface area contributed by atoms with Crippen LogP contribution >= 0.6 is 0 Å². The number of hydrogen-bond acceptors (Lipinski definition) is 5. The summed E-state index contributed by atoms with van der Waals surface area (Å²) in [5.74, 6) is 1.61. The quantitative estimate of drug-likeness (QED) is 0.0979. The molecular formula is C35H42FNO4Si. The topological polar surface area (TPSA) is 49.0 Å². The lowest BCUT2D eigenvalue weighted by Gasteiger charge is -2.32. The molecule has 42 heavy (non-hydrogen) atoms. The van der Waals surface area contributed by atoms with Crippen molar-refractivity contribution >= 4 is 18.8 Å². The first-order valence-corrected chi connectivity index (χ1v) is 18.6. The van der Waals surface area contributed by atoms with Crippen LogP contribution < -0.4 is 14.8 Å². The summed E-state index contributed by atoms with van der Waals surface area (Å²) in [4.78, 5) is 0. The zero-order valence-electron chi connectivity index (χ0n) is 24.9. The number of benzene rings is 4. The van der Waals surface area contributed by atoms with Crippen molar-refractivity contribution in [3.8, 4) is 11.5 Å². The third-order valence-corrected chi connectivity index (χ3v) is 9.37. The van der Waals surface area contributed by atoms with Gasteiger partial charge in [-0.3, -0.25) is 0 Å². The molecule has 7 heteroatoms. The molecule has 2 atom stereocenters. The number of rotatable bonds is 13. The van der Waals surface area contributed by atoms with Gasteiger partial charge in [-0.15, -0.1) is 0 Å². The molecule has 0 aliphatic carbocycles. The third-order valence-electron chi connectivity index (χ3n) is 7.67. The van der Waals surface area contributed by atoms with Crippen LogP contribution in [0.2, 0.25) is 25.7 Å². The molecule has 5 rings (SSSR count). The fourth-order valence-corrected chi connectivity index (χ4v) is 6.03. The van der Waals surface area contributed by atoms with Crippen molar-refractivity contribution in [1.29, 1.82) is 0 Å². The molecule has 5 nitrogen and oxygen atoms in total. The molecule has 4 aromatic carbocycles. The number of halogens is 1. The molecule has 0 spiro atoms. The second kappa shape index (κ2) is 14.3. The normalized spacial score (nSPS) is 17.3. The van der Waals surface area contributed by atoms with Gasteiger partial charge < -0.3 is 24.3 Å². The van der Waals surface area contributed by atoms with Gasteiger partial charge in [0.1, 0.15) is 23.9 Å². The van der Waals surface area contributed by atoms with Gasteiger partial charge in [0.15, 0.2) is 6.79 Å².